The summed E-state index contributed by atoms with van der Waals surface area (Å²) in [5, 5.41) is 14.5. The molecule has 172 valence electrons. The third kappa shape index (κ3) is 6.38. The first-order valence-corrected chi connectivity index (χ1v) is 10.8. The maximum absolute atomic E-state index is 13.5. The van der Waals surface area contributed by atoms with Gasteiger partial charge in [0.1, 0.15) is 5.78 Å². The second kappa shape index (κ2) is 11.2. The molecule has 0 aliphatic rings. The average Bonchev–Trinajstić information content (AvgIpc) is 2.82. The van der Waals surface area contributed by atoms with Gasteiger partial charge < -0.3 is 15.3 Å². The Kier molecular flexibility index (Phi) is 8.13. The van der Waals surface area contributed by atoms with Crippen molar-refractivity contribution in [1.29, 1.82) is 0 Å². The molecule has 0 saturated carbocycles. The second-order valence-corrected chi connectivity index (χ2v) is 7.97. The van der Waals surface area contributed by atoms with E-state index < -0.39 is 11.6 Å². The molecule has 3 aromatic rings. The number of para-hydroxylation sites is 1. The molecule has 0 fully saturated rings. The first-order chi connectivity index (χ1) is 15.9. The molecule has 2 amide bonds. The second-order valence-electron chi connectivity index (χ2n) is 7.97. The third-order valence-corrected chi connectivity index (χ3v) is 5.63. The van der Waals surface area contributed by atoms with E-state index in [1.807, 2.05) is 30.3 Å². The van der Waals surface area contributed by atoms with Crippen molar-refractivity contribution in [2.75, 3.05) is 7.05 Å². The molecule has 1 aromatic heterocycles. The molecule has 0 radical (unpaired) electrons. The maximum atomic E-state index is 13.5. The fourth-order valence-electron chi connectivity index (χ4n) is 3.67. The molecule has 33 heavy (non-hydrogen) atoms. The first-order valence-electron chi connectivity index (χ1n) is 10.8. The number of aromatic nitrogens is 1. The number of phenolic OH excluding ortho intramolecular Hbond substituents is 1. The van der Waals surface area contributed by atoms with Crippen LogP contribution in [0, 0.1) is 5.82 Å². The number of rotatable bonds is 10. The average molecular weight is 450 g/mol. The predicted molar refractivity (Wildman–Crippen MR) is 126 cm³/mol. The molecular weight excluding hydrogens is 421 g/mol. The maximum Gasteiger partial charge on any atom is 0.317 e. The van der Waals surface area contributed by atoms with E-state index in [-0.39, 0.29) is 36.4 Å². The third-order valence-electron chi connectivity index (χ3n) is 5.63. The summed E-state index contributed by atoms with van der Waals surface area (Å²) in [4.78, 5) is 31.1. The van der Waals surface area contributed by atoms with E-state index in [4.69, 9.17) is 0 Å². The highest BCUT2D eigenvalue weighted by Gasteiger charge is 2.20. The van der Waals surface area contributed by atoms with E-state index >= 15 is 0 Å². The van der Waals surface area contributed by atoms with Crippen molar-refractivity contribution in [2.45, 2.75) is 38.3 Å². The van der Waals surface area contributed by atoms with Crippen LogP contribution in [0.3, 0.4) is 0 Å². The fraction of sp³-hybridized carbons (Fsp3) is 0.269. The normalized spacial score (nSPS) is 11.7. The number of carbonyl (C=O) groups excluding carboxylic acids is 2. The van der Waals surface area contributed by atoms with Gasteiger partial charge in [0.05, 0.1) is 0 Å². The minimum Gasteiger partial charge on any atom is -0.505 e. The number of hydrogen-bond donors (Lipinski definition) is 2. The van der Waals surface area contributed by atoms with Gasteiger partial charge >= 0.3 is 6.03 Å². The molecule has 0 bridgehead atoms. The Hall–Kier alpha value is -3.74. The monoisotopic (exact) mass is 449 g/mol. The number of fused-ring (bicyclic) bond motifs is 1. The lowest BCUT2D eigenvalue weighted by molar-refractivity contribution is -0.118. The zero-order chi connectivity index (χ0) is 23.8. The van der Waals surface area contributed by atoms with Gasteiger partial charge in [-0.25, -0.2) is 9.18 Å². The van der Waals surface area contributed by atoms with Gasteiger partial charge in [-0.2, -0.15) is 0 Å². The lowest BCUT2D eigenvalue weighted by Crippen LogP contribution is -2.43. The van der Waals surface area contributed by atoms with Crippen LogP contribution in [0.1, 0.15) is 30.5 Å². The number of phenols is 1. The summed E-state index contributed by atoms with van der Waals surface area (Å²) in [6.07, 6.45) is 5.02. The summed E-state index contributed by atoms with van der Waals surface area (Å²) in [6.45, 7) is 3.74. The summed E-state index contributed by atoms with van der Waals surface area (Å²) in [5.41, 5.74) is 1.01. The molecule has 0 unspecified atom stereocenters. The number of amides is 2. The van der Waals surface area contributed by atoms with Gasteiger partial charge in [0.2, 0.25) is 0 Å². The van der Waals surface area contributed by atoms with E-state index in [0.717, 1.165) is 22.5 Å². The number of aromatic hydroxyl groups is 1. The van der Waals surface area contributed by atoms with Crippen molar-refractivity contribution < 1.29 is 19.1 Å². The number of ketones is 1. The van der Waals surface area contributed by atoms with Crippen molar-refractivity contribution in [3.05, 3.63) is 84.5 Å². The largest absolute Gasteiger partial charge is 0.505 e. The Morgan fingerprint density at radius 2 is 1.97 bits per heavy atom. The number of urea groups is 1. The standard InChI is InChI=1S/C26H28FN3O3/c1-3-7-22(30(2)26(33)29-17-20-10-6-11-24(27)25(20)32)12-13-23(31)15-21-14-18-8-4-5-9-19(18)16-28-21/h3-6,8-11,14,16,22,32H,1,7,12-13,15,17H2,2H3,(H,29,33)/t22-/m0/s1. The minimum atomic E-state index is -0.737. The molecule has 7 heteroatoms. The van der Waals surface area contributed by atoms with Crippen LogP contribution in [0.2, 0.25) is 0 Å². The Bertz CT molecular complexity index is 1150. The number of nitrogens with one attached hydrogen (secondary N) is 1. The number of pyridine rings is 1. The number of halogens is 1. The summed E-state index contributed by atoms with van der Waals surface area (Å²) in [7, 11) is 1.64. The van der Waals surface area contributed by atoms with E-state index in [2.05, 4.69) is 16.9 Å². The molecule has 0 spiro atoms. The lowest BCUT2D eigenvalue weighted by atomic mass is 10.0. The molecule has 2 aromatic carbocycles. The number of hydrogen-bond acceptors (Lipinski definition) is 4. The van der Waals surface area contributed by atoms with Crippen LogP contribution in [0.4, 0.5) is 9.18 Å². The Morgan fingerprint density at radius 1 is 1.21 bits per heavy atom. The summed E-state index contributed by atoms with van der Waals surface area (Å²) < 4.78 is 13.5. The zero-order valence-electron chi connectivity index (χ0n) is 18.6. The molecule has 2 N–H and O–H groups in total. The van der Waals surface area contributed by atoms with Crippen molar-refractivity contribution >= 4 is 22.6 Å². The van der Waals surface area contributed by atoms with Crippen LogP contribution in [-0.2, 0) is 17.8 Å². The quantitative estimate of drug-likeness (QED) is 0.437. The highest BCUT2D eigenvalue weighted by Crippen LogP contribution is 2.21. The van der Waals surface area contributed by atoms with Crippen LogP contribution in [0.25, 0.3) is 10.8 Å². The highest BCUT2D eigenvalue weighted by molar-refractivity contribution is 5.84. The molecule has 3 rings (SSSR count). The van der Waals surface area contributed by atoms with Crippen LogP contribution in [0.5, 0.6) is 5.75 Å². The Balaban J connectivity index is 1.54. The summed E-state index contributed by atoms with van der Waals surface area (Å²) >= 11 is 0. The molecule has 1 heterocycles. The van der Waals surface area contributed by atoms with Gasteiger partial charge in [0.15, 0.2) is 11.6 Å². The lowest BCUT2D eigenvalue weighted by Gasteiger charge is -2.27. The SMILES string of the molecule is C=CC[C@@H](CCC(=O)Cc1cc2ccccc2cn1)N(C)C(=O)NCc1cccc(F)c1O. The molecule has 0 aliphatic heterocycles. The fourth-order valence-corrected chi connectivity index (χ4v) is 3.67. The number of benzene rings is 2. The number of Topliss-reactive ketones (excluding diaryl/α,β-unsaturated/α-hetero) is 1. The molecule has 0 saturated heterocycles. The molecule has 6 nitrogen and oxygen atoms in total. The van der Waals surface area contributed by atoms with Crippen molar-refractivity contribution in [1.82, 2.24) is 15.2 Å². The van der Waals surface area contributed by atoms with Gasteiger partial charge in [-0.15, -0.1) is 6.58 Å². The smallest absolute Gasteiger partial charge is 0.317 e. The minimum absolute atomic E-state index is 0.0138. The van der Waals surface area contributed by atoms with E-state index in [1.54, 1.807) is 25.4 Å². The van der Waals surface area contributed by atoms with Crippen LogP contribution in [0.15, 0.2) is 67.4 Å². The summed E-state index contributed by atoms with van der Waals surface area (Å²) in [6, 6.07) is 13.3. The van der Waals surface area contributed by atoms with Gasteiger partial charge in [0.25, 0.3) is 0 Å². The van der Waals surface area contributed by atoms with Gasteiger partial charge in [0, 0.05) is 55.3 Å². The highest BCUT2D eigenvalue weighted by atomic mass is 19.1. The van der Waals surface area contributed by atoms with E-state index in [9.17, 15) is 19.1 Å². The van der Waals surface area contributed by atoms with Crippen LogP contribution < -0.4 is 5.32 Å². The topological polar surface area (TPSA) is 82.5 Å². The van der Waals surface area contributed by atoms with E-state index in [0.29, 0.717) is 19.3 Å². The Morgan fingerprint density at radius 3 is 2.73 bits per heavy atom. The number of nitrogens with zero attached hydrogens (tertiary/aromatic N) is 2. The van der Waals surface area contributed by atoms with Gasteiger partial charge in [-0.05, 0) is 30.4 Å². The summed E-state index contributed by atoms with van der Waals surface area (Å²) in [5.74, 6) is -1.17. The first kappa shape index (κ1) is 23.9. The zero-order valence-corrected chi connectivity index (χ0v) is 18.6. The van der Waals surface area contributed by atoms with Crippen molar-refractivity contribution in [3.63, 3.8) is 0 Å². The number of carbonyl (C=O) groups is 2. The van der Waals surface area contributed by atoms with Crippen LogP contribution in [-0.4, -0.2) is 39.9 Å². The molecule has 0 aliphatic carbocycles. The Labute approximate surface area is 192 Å². The molecular formula is C26H28FN3O3. The van der Waals surface area contributed by atoms with Crippen molar-refractivity contribution in [2.24, 2.45) is 0 Å². The van der Waals surface area contributed by atoms with E-state index in [1.165, 1.54) is 11.0 Å². The van der Waals surface area contributed by atoms with Crippen molar-refractivity contribution in [3.8, 4) is 5.75 Å². The van der Waals surface area contributed by atoms with Crippen LogP contribution >= 0.6 is 0 Å². The van der Waals surface area contributed by atoms with Gasteiger partial charge in [-0.1, -0.05) is 42.5 Å². The predicted octanol–water partition coefficient (Wildman–Crippen LogP) is 4.76. The van der Waals surface area contributed by atoms with Gasteiger partial charge in [-0.3, -0.25) is 9.78 Å². The molecule has 1 atom stereocenters.